The quantitative estimate of drug-likeness (QED) is 0.818. The van der Waals surface area contributed by atoms with Crippen molar-refractivity contribution in [3.63, 3.8) is 0 Å². The number of rotatable bonds is 2. The standard InChI is InChI=1S/C12H12FNO/c13-10-5-8-1-4-15-11(8)9(6-10)7-12(14)2-3-12/h1,4-6H,2-3,7,14H2. The van der Waals surface area contributed by atoms with E-state index >= 15 is 0 Å². The fourth-order valence-corrected chi connectivity index (χ4v) is 1.96. The van der Waals surface area contributed by atoms with Crippen molar-refractivity contribution in [2.45, 2.75) is 24.8 Å². The predicted octanol–water partition coefficient (Wildman–Crippen LogP) is 2.61. The first-order chi connectivity index (χ1) is 7.16. The van der Waals surface area contributed by atoms with Crippen LogP contribution in [-0.4, -0.2) is 5.54 Å². The zero-order chi connectivity index (χ0) is 10.5. The Kier molecular flexibility index (Phi) is 1.68. The molecule has 2 aromatic rings. The van der Waals surface area contributed by atoms with Gasteiger partial charge in [0.25, 0.3) is 0 Å². The second kappa shape index (κ2) is 2.83. The molecule has 3 heteroatoms. The summed E-state index contributed by atoms with van der Waals surface area (Å²) in [6.07, 6.45) is 4.33. The Bertz CT molecular complexity index is 513. The highest BCUT2D eigenvalue weighted by atomic mass is 19.1. The summed E-state index contributed by atoms with van der Waals surface area (Å²) in [5.74, 6) is -0.219. The van der Waals surface area contributed by atoms with E-state index in [0.29, 0.717) is 6.42 Å². The van der Waals surface area contributed by atoms with Crippen LogP contribution < -0.4 is 5.73 Å². The average molecular weight is 205 g/mol. The van der Waals surface area contributed by atoms with Crippen LogP contribution in [0.4, 0.5) is 4.39 Å². The van der Waals surface area contributed by atoms with Gasteiger partial charge in [-0.2, -0.15) is 0 Å². The average Bonchev–Trinajstić information content (AvgIpc) is 2.73. The highest BCUT2D eigenvalue weighted by Gasteiger charge is 2.38. The first-order valence-corrected chi connectivity index (χ1v) is 5.11. The van der Waals surface area contributed by atoms with E-state index in [0.717, 1.165) is 29.4 Å². The van der Waals surface area contributed by atoms with Crippen LogP contribution in [-0.2, 0) is 6.42 Å². The highest BCUT2D eigenvalue weighted by molar-refractivity contribution is 5.80. The van der Waals surface area contributed by atoms with Crippen molar-refractivity contribution in [2.24, 2.45) is 5.73 Å². The fourth-order valence-electron chi connectivity index (χ4n) is 1.96. The van der Waals surface area contributed by atoms with Crippen LogP contribution in [0.2, 0.25) is 0 Å². The van der Waals surface area contributed by atoms with E-state index in [1.165, 1.54) is 12.1 Å². The summed E-state index contributed by atoms with van der Waals surface area (Å²) in [5, 5.41) is 0.814. The Morgan fingerprint density at radius 3 is 2.93 bits per heavy atom. The summed E-state index contributed by atoms with van der Waals surface area (Å²) >= 11 is 0. The fraction of sp³-hybridized carbons (Fsp3) is 0.333. The van der Waals surface area contributed by atoms with Crippen LogP contribution in [0.1, 0.15) is 18.4 Å². The van der Waals surface area contributed by atoms with Gasteiger partial charge in [0.15, 0.2) is 0 Å². The van der Waals surface area contributed by atoms with E-state index < -0.39 is 0 Å². The van der Waals surface area contributed by atoms with E-state index in [-0.39, 0.29) is 11.4 Å². The monoisotopic (exact) mass is 205 g/mol. The molecule has 1 fully saturated rings. The lowest BCUT2D eigenvalue weighted by Gasteiger charge is -2.08. The molecule has 3 rings (SSSR count). The summed E-state index contributed by atoms with van der Waals surface area (Å²) in [6, 6.07) is 4.79. The number of hydrogen-bond acceptors (Lipinski definition) is 2. The van der Waals surface area contributed by atoms with Crippen molar-refractivity contribution < 1.29 is 8.81 Å². The normalized spacial score (nSPS) is 18.3. The molecular weight excluding hydrogens is 193 g/mol. The maximum absolute atomic E-state index is 13.3. The maximum atomic E-state index is 13.3. The van der Waals surface area contributed by atoms with Crippen LogP contribution in [0.5, 0.6) is 0 Å². The molecule has 1 aliphatic carbocycles. The predicted molar refractivity (Wildman–Crippen MR) is 56.0 cm³/mol. The van der Waals surface area contributed by atoms with E-state index in [1.807, 2.05) is 0 Å². The van der Waals surface area contributed by atoms with Gasteiger partial charge in [0.1, 0.15) is 11.4 Å². The minimum absolute atomic E-state index is 0.118. The van der Waals surface area contributed by atoms with E-state index in [4.69, 9.17) is 10.2 Å². The Morgan fingerprint density at radius 2 is 2.20 bits per heavy atom. The van der Waals surface area contributed by atoms with Gasteiger partial charge in [0, 0.05) is 16.5 Å². The van der Waals surface area contributed by atoms with Gasteiger partial charge in [-0.15, -0.1) is 0 Å². The first-order valence-electron chi connectivity index (χ1n) is 5.11. The van der Waals surface area contributed by atoms with E-state index in [9.17, 15) is 4.39 Å². The molecule has 0 aliphatic heterocycles. The Hall–Kier alpha value is -1.35. The molecule has 0 saturated heterocycles. The van der Waals surface area contributed by atoms with Crippen LogP contribution in [0.25, 0.3) is 11.0 Å². The van der Waals surface area contributed by atoms with Crippen molar-refractivity contribution >= 4 is 11.0 Å². The molecule has 0 amide bonds. The summed E-state index contributed by atoms with van der Waals surface area (Å²) in [5.41, 5.74) is 7.56. The topological polar surface area (TPSA) is 39.2 Å². The van der Waals surface area contributed by atoms with Crippen molar-refractivity contribution in [3.8, 4) is 0 Å². The van der Waals surface area contributed by atoms with E-state index in [2.05, 4.69) is 0 Å². The summed E-state index contributed by atoms with van der Waals surface area (Å²) < 4.78 is 18.6. The molecule has 2 N–H and O–H groups in total. The molecular formula is C12H12FNO. The summed E-state index contributed by atoms with van der Waals surface area (Å²) in [7, 11) is 0. The molecule has 1 saturated carbocycles. The van der Waals surface area contributed by atoms with Gasteiger partial charge < -0.3 is 10.2 Å². The third-order valence-corrected chi connectivity index (χ3v) is 3.03. The molecule has 0 radical (unpaired) electrons. The Morgan fingerprint density at radius 1 is 1.40 bits per heavy atom. The van der Waals surface area contributed by atoms with Crippen LogP contribution in [0.15, 0.2) is 28.9 Å². The third-order valence-electron chi connectivity index (χ3n) is 3.03. The van der Waals surface area contributed by atoms with Crippen LogP contribution >= 0.6 is 0 Å². The lowest BCUT2D eigenvalue weighted by molar-refractivity contribution is 0.591. The van der Waals surface area contributed by atoms with Crippen molar-refractivity contribution in [2.75, 3.05) is 0 Å². The summed E-state index contributed by atoms with van der Waals surface area (Å²) in [6.45, 7) is 0. The van der Waals surface area contributed by atoms with Crippen LogP contribution in [0.3, 0.4) is 0 Å². The molecule has 78 valence electrons. The molecule has 0 atom stereocenters. The molecule has 0 bridgehead atoms. The molecule has 1 heterocycles. The number of hydrogen-bond donors (Lipinski definition) is 1. The number of fused-ring (bicyclic) bond motifs is 1. The van der Waals surface area contributed by atoms with Crippen molar-refractivity contribution in [1.29, 1.82) is 0 Å². The molecule has 1 aromatic carbocycles. The van der Waals surface area contributed by atoms with Gasteiger partial charge in [0.2, 0.25) is 0 Å². The minimum Gasteiger partial charge on any atom is -0.464 e. The second-order valence-corrected chi connectivity index (χ2v) is 4.44. The molecule has 1 aliphatic rings. The van der Waals surface area contributed by atoms with Crippen molar-refractivity contribution in [1.82, 2.24) is 0 Å². The lowest BCUT2D eigenvalue weighted by atomic mass is 10.0. The van der Waals surface area contributed by atoms with Gasteiger partial charge >= 0.3 is 0 Å². The third kappa shape index (κ3) is 1.53. The van der Waals surface area contributed by atoms with Gasteiger partial charge in [-0.1, -0.05) is 0 Å². The highest BCUT2D eigenvalue weighted by Crippen LogP contribution is 2.37. The number of benzene rings is 1. The Labute approximate surface area is 86.9 Å². The largest absolute Gasteiger partial charge is 0.464 e. The number of furan rings is 1. The second-order valence-electron chi connectivity index (χ2n) is 4.44. The van der Waals surface area contributed by atoms with Crippen LogP contribution in [0, 0.1) is 5.82 Å². The molecule has 2 nitrogen and oxygen atoms in total. The Balaban J connectivity index is 2.11. The van der Waals surface area contributed by atoms with Gasteiger partial charge in [-0.25, -0.2) is 4.39 Å². The summed E-state index contributed by atoms with van der Waals surface area (Å²) in [4.78, 5) is 0. The van der Waals surface area contributed by atoms with Crippen molar-refractivity contribution in [3.05, 3.63) is 35.8 Å². The van der Waals surface area contributed by atoms with Gasteiger partial charge in [0.05, 0.1) is 6.26 Å². The first kappa shape index (κ1) is 8.92. The lowest BCUT2D eigenvalue weighted by Crippen LogP contribution is -2.24. The zero-order valence-corrected chi connectivity index (χ0v) is 8.29. The molecule has 0 unspecified atom stereocenters. The molecule has 1 aromatic heterocycles. The maximum Gasteiger partial charge on any atom is 0.137 e. The number of halogens is 1. The molecule has 15 heavy (non-hydrogen) atoms. The van der Waals surface area contributed by atoms with E-state index in [1.54, 1.807) is 12.3 Å². The number of nitrogens with two attached hydrogens (primary N) is 1. The minimum atomic E-state index is -0.219. The molecule has 0 spiro atoms. The van der Waals surface area contributed by atoms with Gasteiger partial charge in [-0.05, 0) is 37.5 Å². The zero-order valence-electron chi connectivity index (χ0n) is 8.29. The smallest absolute Gasteiger partial charge is 0.137 e. The SMILES string of the molecule is NC1(Cc2cc(F)cc3ccoc23)CC1. The van der Waals surface area contributed by atoms with Gasteiger partial charge in [-0.3, -0.25) is 0 Å².